The average Bonchev–Trinajstić information content (AvgIpc) is 3.06. The molecule has 4 rings (SSSR count). The summed E-state index contributed by atoms with van der Waals surface area (Å²) < 4.78 is 21.7. The highest BCUT2D eigenvalue weighted by Gasteiger charge is 2.23. The van der Waals surface area contributed by atoms with Gasteiger partial charge in [-0.25, -0.2) is 0 Å². The lowest BCUT2D eigenvalue weighted by Crippen LogP contribution is -2.14. The molecule has 0 N–H and O–H groups in total. The first kappa shape index (κ1) is 13.9. The van der Waals surface area contributed by atoms with Crippen LogP contribution in [0.4, 0.5) is 0 Å². The van der Waals surface area contributed by atoms with Crippen LogP contribution in [0.25, 0.3) is 0 Å². The zero-order valence-electron chi connectivity index (χ0n) is 13.1. The smallest absolute Gasteiger partial charge is 0.231 e. The molecule has 0 spiro atoms. The maximum atomic E-state index is 5.51. The van der Waals surface area contributed by atoms with Crippen LogP contribution in [-0.4, -0.2) is 33.3 Å². The summed E-state index contributed by atoms with van der Waals surface area (Å²) in [4.78, 5) is 4.72. The van der Waals surface area contributed by atoms with Crippen LogP contribution in [0.1, 0.15) is 16.7 Å². The van der Waals surface area contributed by atoms with E-state index in [9.17, 15) is 0 Å². The number of nitrogens with zero attached hydrogens (tertiary/aromatic N) is 1. The summed E-state index contributed by atoms with van der Waals surface area (Å²) in [5.74, 6) is 3.00. The molecule has 118 valence electrons. The van der Waals surface area contributed by atoms with Gasteiger partial charge >= 0.3 is 0 Å². The van der Waals surface area contributed by atoms with E-state index in [1.54, 1.807) is 14.2 Å². The molecule has 5 heteroatoms. The Labute approximate surface area is 134 Å². The van der Waals surface area contributed by atoms with Gasteiger partial charge in [0.1, 0.15) is 0 Å². The van der Waals surface area contributed by atoms with E-state index in [4.69, 9.17) is 23.9 Å². The molecule has 0 amide bonds. The van der Waals surface area contributed by atoms with E-state index >= 15 is 0 Å². The summed E-state index contributed by atoms with van der Waals surface area (Å²) in [6.45, 7) is 1.04. The van der Waals surface area contributed by atoms with Crippen molar-refractivity contribution in [2.24, 2.45) is 4.99 Å². The summed E-state index contributed by atoms with van der Waals surface area (Å²) >= 11 is 0. The predicted molar refractivity (Wildman–Crippen MR) is 86.3 cm³/mol. The quantitative estimate of drug-likeness (QED) is 0.874. The Morgan fingerprint density at radius 3 is 2.52 bits per heavy atom. The monoisotopic (exact) mass is 311 g/mol. The molecule has 0 aliphatic carbocycles. The van der Waals surface area contributed by atoms with Crippen molar-refractivity contribution < 1.29 is 18.9 Å². The molecule has 2 aromatic rings. The third-order valence-electron chi connectivity index (χ3n) is 4.16. The Morgan fingerprint density at radius 1 is 0.957 bits per heavy atom. The van der Waals surface area contributed by atoms with Gasteiger partial charge in [-0.3, -0.25) is 4.99 Å². The van der Waals surface area contributed by atoms with Gasteiger partial charge in [-0.15, -0.1) is 0 Å². The number of aliphatic imine (C=N–C) groups is 1. The first-order valence-electron chi connectivity index (χ1n) is 7.50. The minimum Gasteiger partial charge on any atom is -0.493 e. The molecule has 0 aromatic heterocycles. The first-order chi connectivity index (χ1) is 11.3. The van der Waals surface area contributed by atoms with Crippen LogP contribution in [0, 0.1) is 0 Å². The van der Waals surface area contributed by atoms with Crippen molar-refractivity contribution in [3.05, 3.63) is 47.0 Å². The van der Waals surface area contributed by atoms with Gasteiger partial charge in [0, 0.05) is 17.7 Å². The van der Waals surface area contributed by atoms with Gasteiger partial charge in [0.15, 0.2) is 23.0 Å². The number of hydrogen-bond donors (Lipinski definition) is 0. The highest BCUT2D eigenvalue weighted by molar-refractivity contribution is 6.15. The second kappa shape index (κ2) is 5.50. The number of benzene rings is 2. The van der Waals surface area contributed by atoms with E-state index in [1.807, 2.05) is 24.3 Å². The largest absolute Gasteiger partial charge is 0.493 e. The highest BCUT2D eigenvalue weighted by Crippen LogP contribution is 2.37. The van der Waals surface area contributed by atoms with E-state index < -0.39 is 0 Å². The molecule has 2 heterocycles. The predicted octanol–water partition coefficient (Wildman–Crippen LogP) is 2.83. The van der Waals surface area contributed by atoms with Crippen LogP contribution in [0.15, 0.2) is 35.3 Å². The third-order valence-corrected chi connectivity index (χ3v) is 4.16. The average molecular weight is 311 g/mol. The molecule has 5 nitrogen and oxygen atoms in total. The molecule has 0 bridgehead atoms. The number of methoxy groups -OCH3 is 2. The van der Waals surface area contributed by atoms with Gasteiger partial charge in [0.25, 0.3) is 0 Å². The fourth-order valence-electron chi connectivity index (χ4n) is 3.01. The van der Waals surface area contributed by atoms with Crippen molar-refractivity contribution in [2.45, 2.75) is 6.42 Å². The van der Waals surface area contributed by atoms with E-state index in [2.05, 4.69) is 6.07 Å². The SMILES string of the molecule is COc1ccc(C2=NCCc3cc4c(cc32)OCO4)cc1OC. The van der Waals surface area contributed by atoms with Crippen LogP contribution < -0.4 is 18.9 Å². The van der Waals surface area contributed by atoms with Crippen molar-refractivity contribution >= 4 is 5.71 Å². The minimum absolute atomic E-state index is 0.279. The lowest BCUT2D eigenvalue weighted by atomic mass is 9.92. The van der Waals surface area contributed by atoms with Crippen molar-refractivity contribution in [2.75, 3.05) is 27.6 Å². The molecule has 0 saturated heterocycles. The highest BCUT2D eigenvalue weighted by atomic mass is 16.7. The molecule has 23 heavy (non-hydrogen) atoms. The van der Waals surface area contributed by atoms with Crippen molar-refractivity contribution in [3.8, 4) is 23.0 Å². The Morgan fingerprint density at radius 2 is 1.74 bits per heavy atom. The Bertz CT molecular complexity index is 798. The van der Waals surface area contributed by atoms with Crippen LogP contribution in [0.2, 0.25) is 0 Å². The van der Waals surface area contributed by atoms with Gasteiger partial charge in [0.05, 0.1) is 19.9 Å². The van der Waals surface area contributed by atoms with Gasteiger partial charge in [-0.1, -0.05) is 0 Å². The molecule has 2 aliphatic rings. The van der Waals surface area contributed by atoms with Gasteiger partial charge in [-0.05, 0) is 42.3 Å². The number of ether oxygens (including phenoxy) is 4. The van der Waals surface area contributed by atoms with Gasteiger partial charge in [0.2, 0.25) is 6.79 Å². The lowest BCUT2D eigenvalue weighted by molar-refractivity contribution is 0.174. The minimum atomic E-state index is 0.279. The lowest BCUT2D eigenvalue weighted by Gasteiger charge is -2.19. The summed E-state index contributed by atoms with van der Waals surface area (Å²) in [6.07, 6.45) is 0.906. The second-order valence-corrected chi connectivity index (χ2v) is 5.41. The second-order valence-electron chi connectivity index (χ2n) is 5.41. The maximum absolute atomic E-state index is 5.51. The van der Waals surface area contributed by atoms with Crippen molar-refractivity contribution in [1.82, 2.24) is 0 Å². The van der Waals surface area contributed by atoms with E-state index in [-0.39, 0.29) is 6.79 Å². The van der Waals surface area contributed by atoms with Gasteiger partial charge < -0.3 is 18.9 Å². The van der Waals surface area contributed by atoms with Crippen LogP contribution in [-0.2, 0) is 6.42 Å². The third kappa shape index (κ3) is 2.29. The normalized spacial score (nSPS) is 15.0. The maximum Gasteiger partial charge on any atom is 0.231 e. The summed E-state index contributed by atoms with van der Waals surface area (Å²) in [6, 6.07) is 9.94. The fraction of sp³-hybridized carbons (Fsp3) is 0.278. The number of hydrogen-bond acceptors (Lipinski definition) is 5. The van der Waals surface area contributed by atoms with E-state index in [1.165, 1.54) is 5.56 Å². The van der Waals surface area contributed by atoms with Crippen LogP contribution in [0.3, 0.4) is 0 Å². The molecule has 0 atom stereocenters. The van der Waals surface area contributed by atoms with Crippen LogP contribution >= 0.6 is 0 Å². The Hall–Kier alpha value is -2.69. The Balaban J connectivity index is 1.81. The van der Waals surface area contributed by atoms with Crippen LogP contribution in [0.5, 0.6) is 23.0 Å². The standard InChI is InChI=1S/C18H17NO4/c1-20-14-4-3-12(8-15(14)21-2)18-13-9-17-16(22-10-23-17)7-11(13)5-6-19-18/h3-4,7-9H,5-6,10H2,1-2H3. The number of fused-ring (bicyclic) bond motifs is 2. The summed E-state index contributed by atoms with van der Waals surface area (Å²) in [5, 5.41) is 0. The molecule has 0 unspecified atom stereocenters. The molecular weight excluding hydrogens is 294 g/mol. The zero-order chi connectivity index (χ0) is 15.8. The van der Waals surface area contributed by atoms with Crippen molar-refractivity contribution in [3.63, 3.8) is 0 Å². The number of rotatable bonds is 3. The zero-order valence-corrected chi connectivity index (χ0v) is 13.1. The first-order valence-corrected chi connectivity index (χ1v) is 7.50. The molecular formula is C18H17NO4. The topological polar surface area (TPSA) is 49.3 Å². The molecule has 2 aliphatic heterocycles. The fourth-order valence-corrected chi connectivity index (χ4v) is 3.01. The summed E-state index contributed by atoms with van der Waals surface area (Å²) in [7, 11) is 3.27. The molecule has 0 radical (unpaired) electrons. The molecule has 0 saturated carbocycles. The van der Waals surface area contributed by atoms with E-state index in [0.717, 1.165) is 41.3 Å². The Kier molecular flexibility index (Phi) is 3.33. The molecule has 0 fully saturated rings. The van der Waals surface area contributed by atoms with Crippen molar-refractivity contribution in [1.29, 1.82) is 0 Å². The van der Waals surface area contributed by atoms with E-state index in [0.29, 0.717) is 11.5 Å². The molecule has 2 aromatic carbocycles. The summed E-state index contributed by atoms with van der Waals surface area (Å²) in [5.41, 5.74) is 4.27. The van der Waals surface area contributed by atoms with Gasteiger partial charge in [-0.2, -0.15) is 0 Å².